The molecule has 1 aliphatic heterocycles. The van der Waals surface area contributed by atoms with Gasteiger partial charge in [-0.1, -0.05) is 35.2 Å². The van der Waals surface area contributed by atoms with E-state index in [-0.39, 0.29) is 23.1 Å². The molecule has 0 spiro atoms. The summed E-state index contributed by atoms with van der Waals surface area (Å²) in [7, 11) is 0. The number of anilines is 1. The number of nitrogens with zero attached hydrogens (tertiary/aromatic N) is 6. The second-order valence-electron chi connectivity index (χ2n) is 8.75. The molecule has 12 heteroatoms. The number of aryl methyl sites for hydroxylation is 3. The third kappa shape index (κ3) is 5.64. The van der Waals surface area contributed by atoms with Gasteiger partial charge in [-0.15, -0.1) is 18.3 Å². The van der Waals surface area contributed by atoms with Crippen molar-refractivity contribution >= 4 is 23.4 Å². The second kappa shape index (κ2) is 10.4. The van der Waals surface area contributed by atoms with Crippen LogP contribution in [0.25, 0.3) is 5.69 Å². The Morgan fingerprint density at radius 3 is 2.47 bits per heavy atom. The molecule has 38 heavy (non-hydrogen) atoms. The van der Waals surface area contributed by atoms with Crippen LogP contribution in [0, 0.1) is 13.8 Å². The minimum Gasteiger partial charge on any atom is -0.406 e. The van der Waals surface area contributed by atoms with Gasteiger partial charge in [0.15, 0.2) is 10.9 Å². The number of ether oxygens (including phenoxy) is 1. The number of thioether (sulfide) groups is 1. The number of hydrogen-bond acceptors (Lipinski definition) is 7. The van der Waals surface area contributed by atoms with Crippen molar-refractivity contribution in [2.75, 3.05) is 11.4 Å². The number of rotatable bonds is 6. The first kappa shape index (κ1) is 25.7. The van der Waals surface area contributed by atoms with Crippen LogP contribution in [-0.4, -0.2) is 43.8 Å². The summed E-state index contributed by atoms with van der Waals surface area (Å²) in [6.07, 6.45) is -3.10. The maximum atomic E-state index is 13.8. The standard InChI is InChI=1S/C26H23F3N6O2S/c1-16-14-17(2)31-25(30-16)38-15-22-23(24(36)34-13-5-7-18-6-3-4-8-21(18)34)32-33-35(22)19-9-11-20(12-10-19)37-26(27,28)29/h3-4,6,8-12,14H,5,7,13,15H2,1-2H3. The van der Waals surface area contributed by atoms with Gasteiger partial charge in [0.1, 0.15) is 5.75 Å². The van der Waals surface area contributed by atoms with Crippen molar-refractivity contribution in [2.24, 2.45) is 0 Å². The number of para-hydroxylation sites is 1. The summed E-state index contributed by atoms with van der Waals surface area (Å²) in [4.78, 5) is 24.4. The Kier molecular flexibility index (Phi) is 7.06. The van der Waals surface area contributed by atoms with E-state index in [1.807, 2.05) is 44.2 Å². The zero-order valence-electron chi connectivity index (χ0n) is 20.6. The molecule has 8 nitrogen and oxygen atoms in total. The fourth-order valence-corrected chi connectivity index (χ4v) is 5.30. The Labute approximate surface area is 220 Å². The lowest BCUT2D eigenvalue weighted by Gasteiger charge is -2.29. The smallest absolute Gasteiger partial charge is 0.406 e. The average molecular weight is 541 g/mol. The van der Waals surface area contributed by atoms with E-state index in [2.05, 4.69) is 25.0 Å². The molecule has 2 aromatic carbocycles. The molecule has 1 amide bonds. The van der Waals surface area contributed by atoms with Crippen molar-refractivity contribution < 1.29 is 22.7 Å². The third-order valence-corrected chi connectivity index (χ3v) is 6.79. The minimum atomic E-state index is -4.80. The molecule has 196 valence electrons. The highest BCUT2D eigenvalue weighted by Crippen LogP contribution is 2.31. The summed E-state index contributed by atoms with van der Waals surface area (Å²) in [5.41, 5.74) is 4.62. The van der Waals surface area contributed by atoms with Crippen LogP contribution in [0.5, 0.6) is 5.75 Å². The van der Waals surface area contributed by atoms with Crippen LogP contribution >= 0.6 is 11.8 Å². The van der Waals surface area contributed by atoms with Gasteiger partial charge in [0, 0.05) is 29.4 Å². The van der Waals surface area contributed by atoms with Gasteiger partial charge < -0.3 is 9.64 Å². The van der Waals surface area contributed by atoms with Crippen LogP contribution in [0.2, 0.25) is 0 Å². The van der Waals surface area contributed by atoms with Crippen molar-refractivity contribution in [2.45, 2.75) is 44.0 Å². The van der Waals surface area contributed by atoms with Crippen molar-refractivity contribution in [1.82, 2.24) is 25.0 Å². The van der Waals surface area contributed by atoms with E-state index >= 15 is 0 Å². The number of amides is 1. The van der Waals surface area contributed by atoms with Gasteiger partial charge >= 0.3 is 6.36 Å². The largest absolute Gasteiger partial charge is 0.573 e. The van der Waals surface area contributed by atoms with E-state index in [1.54, 1.807) is 4.90 Å². The molecule has 0 N–H and O–H groups in total. The fourth-order valence-electron chi connectivity index (χ4n) is 4.36. The molecule has 0 atom stereocenters. The van der Waals surface area contributed by atoms with Crippen LogP contribution in [0.15, 0.2) is 59.8 Å². The number of aromatic nitrogens is 5. The highest BCUT2D eigenvalue weighted by atomic mass is 32.2. The van der Waals surface area contributed by atoms with E-state index in [9.17, 15) is 18.0 Å². The van der Waals surface area contributed by atoms with Gasteiger partial charge in [-0.3, -0.25) is 4.79 Å². The molecule has 4 aromatic rings. The lowest BCUT2D eigenvalue weighted by Crippen LogP contribution is -2.36. The van der Waals surface area contributed by atoms with Crippen LogP contribution < -0.4 is 9.64 Å². The molecule has 0 saturated carbocycles. The zero-order chi connectivity index (χ0) is 26.9. The summed E-state index contributed by atoms with van der Waals surface area (Å²) in [6, 6.07) is 14.9. The van der Waals surface area contributed by atoms with E-state index in [1.165, 1.54) is 40.7 Å². The first-order chi connectivity index (χ1) is 18.2. The SMILES string of the molecule is Cc1cc(C)nc(SCc2c(C(=O)N3CCCc4ccccc43)nnn2-c2ccc(OC(F)(F)F)cc2)n1. The quantitative estimate of drug-likeness (QED) is 0.237. The maximum Gasteiger partial charge on any atom is 0.573 e. The lowest BCUT2D eigenvalue weighted by molar-refractivity contribution is -0.274. The van der Waals surface area contributed by atoms with Crippen LogP contribution in [0.3, 0.4) is 0 Å². The summed E-state index contributed by atoms with van der Waals surface area (Å²) >= 11 is 1.32. The highest BCUT2D eigenvalue weighted by Gasteiger charge is 2.32. The molecule has 0 fully saturated rings. The topological polar surface area (TPSA) is 86.0 Å². The Bertz CT molecular complexity index is 1450. The second-order valence-corrected chi connectivity index (χ2v) is 9.69. The number of halogens is 3. The lowest BCUT2D eigenvalue weighted by atomic mass is 10.0. The molecule has 3 heterocycles. The number of carbonyl (C=O) groups is 1. The van der Waals surface area contributed by atoms with Crippen LogP contribution in [0.1, 0.15) is 39.6 Å². The van der Waals surface area contributed by atoms with Gasteiger partial charge in [0.2, 0.25) is 0 Å². The average Bonchev–Trinajstić information content (AvgIpc) is 3.29. The Hall–Kier alpha value is -3.93. The molecule has 0 bridgehead atoms. The van der Waals surface area contributed by atoms with Crippen molar-refractivity contribution in [3.63, 3.8) is 0 Å². The van der Waals surface area contributed by atoms with Crippen LogP contribution in [0.4, 0.5) is 18.9 Å². The summed E-state index contributed by atoms with van der Waals surface area (Å²) in [6.45, 7) is 4.29. The summed E-state index contributed by atoms with van der Waals surface area (Å²) in [5.74, 6) is -0.396. The fraction of sp³-hybridized carbons (Fsp3) is 0.269. The number of hydrogen-bond donors (Lipinski definition) is 0. The zero-order valence-corrected chi connectivity index (χ0v) is 21.4. The Morgan fingerprint density at radius 2 is 1.76 bits per heavy atom. The van der Waals surface area contributed by atoms with Gasteiger partial charge in [-0.2, -0.15) is 0 Å². The summed E-state index contributed by atoms with van der Waals surface area (Å²) < 4.78 is 43.3. The Balaban J connectivity index is 1.51. The highest BCUT2D eigenvalue weighted by molar-refractivity contribution is 7.98. The maximum absolute atomic E-state index is 13.8. The predicted molar refractivity (Wildman–Crippen MR) is 136 cm³/mol. The summed E-state index contributed by atoms with van der Waals surface area (Å²) in [5, 5.41) is 8.97. The van der Waals surface area contributed by atoms with Crippen molar-refractivity contribution in [3.05, 3.63) is 82.9 Å². The van der Waals surface area contributed by atoms with E-state index in [0.29, 0.717) is 23.1 Å². The first-order valence-corrected chi connectivity index (χ1v) is 12.8. The predicted octanol–water partition coefficient (Wildman–Crippen LogP) is 5.46. The first-order valence-electron chi connectivity index (χ1n) is 11.8. The number of benzene rings is 2. The molecule has 0 unspecified atom stereocenters. The number of alkyl halides is 3. The van der Waals surface area contributed by atoms with E-state index < -0.39 is 6.36 Å². The van der Waals surface area contributed by atoms with Gasteiger partial charge in [0.05, 0.1) is 11.4 Å². The van der Waals surface area contributed by atoms with Crippen LogP contribution in [-0.2, 0) is 12.2 Å². The molecular formula is C26H23F3N6O2S. The van der Waals surface area contributed by atoms with Gasteiger partial charge in [0.25, 0.3) is 5.91 Å². The molecular weight excluding hydrogens is 517 g/mol. The van der Waals surface area contributed by atoms with Gasteiger partial charge in [-0.05, 0) is 68.7 Å². The van der Waals surface area contributed by atoms with E-state index in [0.717, 1.165) is 35.5 Å². The number of fused-ring (bicyclic) bond motifs is 1. The molecule has 0 aliphatic carbocycles. The minimum absolute atomic E-state index is 0.161. The normalized spacial score (nSPS) is 13.3. The molecule has 5 rings (SSSR count). The van der Waals surface area contributed by atoms with E-state index in [4.69, 9.17) is 0 Å². The molecule has 0 radical (unpaired) electrons. The molecule has 1 aliphatic rings. The molecule has 2 aromatic heterocycles. The van der Waals surface area contributed by atoms with Gasteiger partial charge in [-0.25, -0.2) is 14.6 Å². The molecule has 0 saturated heterocycles. The number of carbonyl (C=O) groups excluding carboxylic acids is 1. The monoisotopic (exact) mass is 540 g/mol. The Morgan fingerprint density at radius 1 is 1.05 bits per heavy atom. The van der Waals surface area contributed by atoms with Crippen molar-refractivity contribution in [3.8, 4) is 11.4 Å². The third-order valence-electron chi connectivity index (χ3n) is 5.94. The van der Waals surface area contributed by atoms with Crippen molar-refractivity contribution in [1.29, 1.82) is 0 Å².